The Labute approximate surface area is 166 Å². The molecule has 2 aromatic rings. The van der Waals surface area contributed by atoms with E-state index in [9.17, 15) is 0 Å². The van der Waals surface area contributed by atoms with E-state index in [1.165, 1.54) is 4.88 Å². The van der Waals surface area contributed by atoms with Crippen LogP contribution in [0.2, 0.25) is 0 Å². The summed E-state index contributed by atoms with van der Waals surface area (Å²) in [7, 11) is 5.57. The maximum absolute atomic E-state index is 5.87. The van der Waals surface area contributed by atoms with E-state index in [-0.39, 0.29) is 0 Å². The van der Waals surface area contributed by atoms with Gasteiger partial charge in [0.2, 0.25) is 0 Å². The van der Waals surface area contributed by atoms with Gasteiger partial charge in [0.1, 0.15) is 12.4 Å². The summed E-state index contributed by atoms with van der Waals surface area (Å²) in [6.07, 6.45) is 0. The number of benzene rings is 1. The van der Waals surface area contributed by atoms with Crippen LogP contribution in [-0.4, -0.2) is 58.4 Å². The second kappa shape index (κ2) is 12.3. The summed E-state index contributed by atoms with van der Waals surface area (Å²) >= 11 is 1.73. The van der Waals surface area contributed by atoms with Crippen LogP contribution in [0.4, 0.5) is 0 Å². The molecular weight excluding hydrogens is 360 g/mol. The number of aliphatic imine (C=N–C) groups is 1. The Morgan fingerprint density at radius 2 is 1.93 bits per heavy atom. The molecule has 0 aliphatic heterocycles. The number of thiophene rings is 1. The first-order valence-electron chi connectivity index (χ1n) is 9.07. The third-order valence-electron chi connectivity index (χ3n) is 4.01. The molecule has 2 rings (SSSR count). The lowest BCUT2D eigenvalue weighted by atomic mass is 10.2. The summed E-state index contributed by atoms with van der Waals surface area (Å²) in [6, 6.07) is 12.3. The Kier molecular flexibility index (Phi) is 9.68. The lowest BCUT2D eigenvalue weighted by Crippen LogP contribution is -2.36. The predicted octanol–water partition coefficient (Wildman–Crippen LogP) is 2.57. The van der Waals surface area contributed by atoms with Gasteiger partial charge in [-0.2, -0.15) is 0 Å². The van der Waals surface area contributed by atoms with E-state index in [4.69, 9.17) is 9.47 Å². The van der Waals surface area contributed by atoms with Gasteiger partial charge in [0.15, 0.2) is 5.96 Å². The number of hydrogen-bond acceptors (Lipinski definition) is 5. The van der Waals surface area contributed by atoms with Crippen LogP contribution in [0.25, 0.3) is 0 Å². The molecule has 0 aliphatic rings. The van der Waals surface area contributed by atoms with Crippen molar-refractivity contribution < 1.29 is 9.47 Å². The first-order valence-corrected chi connectivity index (χ1v) is 9.95. The minimum Gasteiger partial charge on any atom is -0.492 e. The fourth-order valence-corrected chi connectivity index (χ4v) is 3.06. The topological polar surface area (TPSA) is 58.1 Å². The third kappa shape index (κ3) is 8.43. The van der Waals surface area contributed by atoms with Crippen LogP contribution in [0.5, 0.6) is 5.75 Å². The van der Waals surface area contributed by atoms with E-state index in [2.05, 4.69) is 57.2 Å². The molecular formula is C20H30N4O2S. The standard InChI is InChI=1S/C20H30N4O2S/c1-21-20(23-16-19-8-5-13-27-19)22-15-17-6-4-7-18(14-17)26-12-10-24(2)9-11-25-3/h4-8,13-14H,9-12,15-16H2,1-3H3,(H2,21,22,23). The normalized spacial score (nSPS) is 11.6. The lowest BCUT2D eigenvalue weighted by Gasteiger charge is -2.16. The molecule has 6 nitrogen and oxygen atoms in total. The molecule has 0 spiro atoms. The number of guanidine groups is 1. The number of ether oxygens (including phenoxy) is 2. The van der Waals surface area contributed by atoms with E-state index in [0.717, 1.165) is 43.5 Å². The van der Waals surface area contributed by atoms with E-state index in [0.29, 0.717) is 13.2 Å². The zero-order chi connectivity index (χ0) is 19.3. The van der Waals surface area contributed by atoms with Gasteiger partial charge < -0.3 is 25.0 Å². The molecule has 0 radical (unpaired) electrons. The molecule has 1 aromatic carbocycles. The first kappa shape index (κ1) is 21.2. The van der Waals surface area contributed by atoms with Gasteiger partial charge in [0.25, 0.3) is 0 Å². The van der Waals surface area contributed by atoms with Crippen molar-refractivity contribution in [3.05, 3.63) is 52.2 Å². The van der Waals surface area contributed by atoms with Crippen LogP contribution in [0.3, 0.4) is 0 Å². The number of hydrogen-bond donors (Lipinski definition) is 2. The second-order valence-electron chi connectivity index (χ2n) is 6.15. The molecule has 2 N–H and O–H groups in total. The Bertz CT molecular complexity index is 676. The summed E-state index contributed by atoms with van der Waals surface area (Å²) < 4.78 is 11.0. The highest BCUT2D eigenvalue weighted by Crippen LogP contribution is 2.13. The Balaban J connectivity index is 1.73. The second-order valence-corrected chi connectivity index (χ2v) is 7.18. The smallest absolute Gasteiger partial charge is 0.191 e. The van der Waals surface area contributed by atoms with Crippen LogP contribution < -0.4 is 15.4 Å². The Morgan fingerprint density at radius 1 is 1.11 bits per heavy atom. The van der Waals surface area contributed by atoms with Crippen LogP contribution >= 0.6 is 11.3 Å². The van der Waals surface area contributed by atoms with E-state index >= 15 is 0 Å². The summed E-state index contributed by atoms with van der Waals surface area (Å²) in [6.45, 7) is 4.62. The third-order valence-corrected chi connectivity index (χ3v) is 4.89. The summed E-state index contributed by atoms with van der Waals surface area (Å²) in [5.41, 5.74) is 1.15. The summed E-state index contributed by atoms with van der Waals surface area (Å²) in [4.78, 5) is 7.74. The number of nitrogens with zero attached hydrogens (tertiary/aromatic N) is 2. The molecule has 0 saturated heterocycles. The molecule has 0 fully saturated rings. The molecule has 1 aromatic heterocycles. The summed E-state index contributed by atoms with van der Waals surface area (Å²) in [5.74, 6) is 1.67. The van der Waals surface area contributed by atoms with Crippen LogP contribution in [0, 0.1) is 0 Å². The molecule has 0 bridgehead atoms. The fourth-order valence-electron chi connectivity index (χ4n) is 2.41. The molecule has 0 saturated carbocycles. The van der Waals surface area contributed by atoms with Gasteiger partial charge in [-0.05, 0) is 36.2 Å². The van der Waals surface area contributed by atoms with Gasteiger partial charge in [-0.15, -0.1) is 11.3 Å². The van der Waals surface area contributed by atoms with Crippen molar-refractivity contribution in [3.8, 4) is 5.75 Å². The fraction of sp³-hybridized carbons (Fsp3) is 0.450. The quantitative estimate of drug-likeness (QED) is 0.456. The zero-order valence-electron chi connectivity index (χ0n) is 16.4. The molecule has 27 heavy (non-hydrogen) atoms. The Morgan fingerprint density at radius 3 is 2.67 bits per heavy atom. The van der Waals surface area contributed by atoms with Gasteiger partial charge in [-0.1, -0.05) is 18.2 Å². The highest BCUT2D eigenvalue weighted by molar-refractivity contribution is 7.09. The van der Waals surface area contributed by atoms with Crippen molar-refractivity contribution in [1.82, 2.24) is 15.5 Å². The highest BCUT2D eigenvalue weighted by atomic mass is 32.1. The van der Waals surface area contributed by atoms with Crippen molar-refractivity contribution >= 4 is 17.3 Å². The van der Waals surface area contributed by atoms with E-state index in [1.807, 2.05) is 12.1 Å². The maximum Gasteiger partial charge on any atom is 0.191 e. The zero-order valence-corrected chi connectivity index (χ0v) is 17.2. The van der Waals surface area contributed by atoms with Crippen LogP contribution in [0.15, 0.2) is 46.8 Å². The summed E-state index contributed by atoms with van der Waals surface area (Å²) in [5, 5.41) is 8.74. The van der Waals surface area contributed by atoms with Crippen LogP contribution in [-0.2, 0) is 17.8 Å². The van der Waals surface area contributed by atoms with Gasteiger partial charge in [0, 0.05) is 38.7 Å². The van der Waals surface area contributed by atoms with E-state index in [1.54, 1.807) is 25.5 Å². The Hall–Kier alpha value is -2.09. The van der Waals surface area contributed by atoms with Crippen molar-refractivity contribution in [2.45, 2.75) is 13.1 Å². The maximum atomic E-state index is 5.87. The average molecular weight is 391 g/mol. The lowest BCUT2D eigenvalue weighted by molar-refractivity contribution is 0.150. The number of rotatable bonds is 11. The minimum atomic E-state index is 0.654. The minimum absolute atomic E-state index is 0.654. The SMILES string of the molecule is CN=C(NCc1cccc(OCCN(C)CCOC)c1)NCc1cccs1. The van der Waals surface area contributed by atoms with Gasteiger partial charge in [-0.25, -0.2) is 0 Å². The number of likely N-dealkylation sites (N-methyl/N-ethyl adjacent to an activating group) is 1. The molecule has 7 heteroatoms. The highest BCUT2D eigenvalue weighted by Gasteiger charge is 2.02. The van der Waals surface area contributed by atoms with Gasteiger partial charge in [0.05, 0.1) is 13.2 Å². The van der Waals surface area contributed by atoms with Crippen LogP contribution in [0.1, 0.15) is 10.4 Å². The number of nitrogens with one attached hydrogen (secondary N) is 2. The molecule has 0 aliphatic carbocycles. The average Bonchev–Trinajstić information content (AvgIpc) is 3.20. The first-order chi connectivity index (χ1) is 13.2. The van der Waals surface area contributed by atoms with Crippen molar-refractivity contribution in [1.29, 1.82) is 0 Å². The van der Waals surface area contributed by atoms with Gasteiger partial charge >= 0.3 is 0 Å². The number of methoxy groups -OCH3 is 1. The molecule has 0 unspecified atom stereocenters. The van der Waals surface area contributed by atoms with Crippen molar-refractivity contribution in [2.75, 3.05) is 47.5 Å². The van der Waals surface area contributed by atoms with Crippen molar-refractivity contribution in [2.24, 2.45) is 4.99 Å². The monoisotopic (exact) mass is 390 g/mol. The van der Waals surface area contributed by atoms with Gasteiger partial charge in [-0.3, -0.25) is 4.99 Å². The van der Waals surface area contributed by atoms with Crippen molar-refractivity contribution in [3.63, 3.8) is 0 Å². The van der Waals surface area contributed by atoms with E-state index < -0.39 is 0 Å². The molecule has 148 valence electrons. The molecule has 0 atom stereocenters. The molecule has 0 amide bonds. The largest absolute Gasteiger partial charge is 0.492 e. The molecule has 1 heterocycles. The predicted molar refractivity (Wildman–Crippen MR) is 113 cm³/mol.